The zero-order chi connectivity index (χ0) is 13.8. The number of hydrogen-bond donors (Lipinski definition) is 1. The van der Waals surface area contributed by atoms with E-state index in [1.165, 1.54) is 25.9 Å². The summed E-state index contributed by atoms with van der Waals surface area (Å²) in [5, 5.41) is 7.79. The highest BCUT2D eigenvalue weighted by Crippen LogP contribution is 2.21. The van der Waals surface area contributed by atoms with Gasteiger partial charge in [0.05, 0.1) is 11.4 Å². The number of nitrogens with zero attached hydrogens (tertiary/aromatic N) is 4. The molecule has 20 heavy (non-hydrogen) atoms. The first-order valence-electron chi connectivity index (χ1n) is 7.19. The lowest BCUT2D eigenvalue weighted by Gasteiger charge is -2.30. The van der Waals surface area contributed by atoms with Crippen LogP contribution in [0.2, 0.25) is 0 Å². The van der Waals surface area contributed by atoms with Crippen LogP contribution < -0.4 is 5.32 Å². The first-order valence-corrected chi connectivity index (χ1v) is 7.19. The van der Waals surface area contributed by atoms with E-state index in [4.69, 9.17) is 0 Å². The first-order chi connectivity index (χ1) is 9.83. The van der Waals surface area contributed by atoms with Gasteiger partial charge in [0.15, 0.2) is 0 Å². The molecular formula is C15H21N5. The van der Waals surface area contributed by atoms with Crippen molar-refractivity contribution in [3.8, 4) is 5.69 Å². The highest BCUT2D eigenvalue weighted by molar-refractivity contribution is 5.60. The van der Waals surface area contributed by atoms with Crippen molar-refractivity contribution in [1.82, 2.24) is 19.7 Å². The van der Waals surface area contributed by atoms with Gasteiger partial charge >= 0.3 is 0 Å². The fourth-order valence-corrected chi connectivity index (χ4v) is 2.85. The van der Waals surface area contributed by atoms with Crippen LogP contribution in [0.4, 0.5) is 5.69 Å². The van der Waals surface area contributed by atoms with Crippen molar-refractivity contribution in [2.45, 2.75) is 12.8 Å². The first kappa shape index (κ1) is 13.1. The smallest absolute Gasteiger partial charge is 0.138 e. The number of rotatable bonds is 4. The maximum atomic E-state index is 4.21. The Hall–Kier alpha value is -1.88. The van der Waals surface area contributed by atoms with Crippen molar-refractivity contribution in [2.24, 2.45) is 5.92 Å². The second-order valence-electron chi connectivity index (χ2n) is 5.51. The van der Waals surface area contributed by atoms with E-state index in [0.717, 1.165) is 23.8 Å². The van der Waals surface area contributed by atoms with Gasteiger partial charge in [0.1, 0.15) is 12.7 Å². The third-order valence-electron chi connectivity index (χ3n) is 3.87. The van der Waals surface area contributed by atoms with Gasteiger partial charge in [0.25, 0.3) is 0 Å². The van der Waals surface area contributed by atoms with Gasteiger partial charge < -0.3 is 10.2 Å². The lowest BCUT2D eigenvalue weighted by atomic mass is 9.98. The molecule has 1 fully saturated rings. The zero-order valence-electron chi connectivity index (χ0n) is 11.9. The van der Waals surface area contributed by atoms with Crippen LogP contribution in [0.15, 0.2) is 36.9 Å². The number of hydrogen-bond acceptors (Lipinski definition) is 4. The van der Waals surface area contributed by atoms with Gasteiger partial charge in [0, 0.05) is 13.1 Å². The Balaban J connectivity index is 1.68. The molecule has 0 saturated carbocycles. The van der Waals surface area contributed by atoms with Gasteiger partial charge in [-0.1, -0.05) is 12.1 Å². The molecule has 0 amide bonds. The van der Waals surface area contributed by atoms with Crippen molar-refractivity contribution in [2.75, 3.05) is 32.0 Å². The Labute approximate surface area is 119 Å². The van der Waals surface area contributed by atoms with Gasteiger partial charge in [-0.05, 0) is 44.5 Å². The molecule has 1 unspecified atom stereocenters. The van der Waals surface area contributed by atoms with E-state index in [2.05, 4.69) is 45.5 Å². The molecule has 5 heteroatoms. The molecule has 1 aromatic carbocycles. The highest BCUT2D eigenvalue weighted by Gasteiger charge is 2.17. The fourth-order valence-electron chi connectivity index (χ4n) is 2.85. The van der Waals surface area contributed by atoms with Crippen molar-refractivity contribution >= 4 is 5.69 Å². The molecule has 0 radical (unpaired) electrons. The van der Waals surface area contributed by atoms with E-state index < -0.39 is 0 Å². The Morgan fingerprint density at radius 1 is 1.35 bits per heavy atom. The van der Waals surface area contributed by atoms with Crippen molar-refractivity contribution in [1.29, 1.82) is 0 Å². The predicted octanol–water partition coefficient (Wildman–Crippen LogP) is 2.02. The number of anilines is 1. The summed E-state index contributed by atoms with van der Waals surface area (Å²) in [6.45, 7) is 3.42. The second-order valence-corrected chi connectivity index (χ2v) is 5.51. The maximum absolute atomic E-state index is 4.21. The highest BCUT2D eigenvalue weighted by atomic mass is 15.3. The summed E-state index contributed by atoms with van der Waals surface area (Å²) in [6.07, 6.45) is 5.90. The topological polar surface area (TPSA) is 46.0 Å². The quantitative estimate of drug-likeness (QED) is 0.924. The van der Waals surface area contributed by atoms with E-state index in [1.54, 1.807) is 17.3 Å². The molecule has 1 aromatic heterocycles. The van der Waals surface area contributed by atoms with E-state index in [1.807, 2.05) is 6.07 Å². The summed E-state index contributed by atoms with van der Waals surface area (Å²) in [5.41, 5.74) is 2.17. The number of para-hydroxylation sites is 2. The molecule has 0 aliphatic carbocycles. The largest absolute Gasteiger partial charge is 0.383 e. The lowest BCUT2D eigenvalue weighted by Crippen LogP contribution is -2.35. The zero-order valence-corrected chi connectivity index (χ0v) is 11.9. The van der Waals surface area contributed by atoms with Gasteiger partial charge in [-0.2, -0.15) is 5.10 Å². The van der Waals surface area contributed by atoms with E-state index in [9.17, 15) is 0 Å². The molecular weight excluding hydrogens is 250 g/mol. The molecule has 1 atom stereocenters. The van der Waals surface area contributed by atoms with Gasteiger partial charge in [-0.15, -0.1) is 0 Å². The van der Waals surface area contributed by atoms with Gasteiger partial charge in [0.2, 0.25) is 0 Å². The third-order valence-corrected chi connectivity index (χ3v) is 3.87. The summed E-state index contributed by atoms with van der Waals surface area (Å²) >= 11 is 0. The number of nitrogens with one attached hydrogen (secondary N) is 1. The minimum absolute atomic E-state index is 0.720. The fraction of sp³-hybridized carbons (Fsp3) is 0.467. The normalized spacial score (nSPS) is 19.9. The van der Waals surface area contributed by atoms with Crippen LogP contribution in [-0.2, 0) is 0 Å². The minimum Gasteiger partial charge on any atom is -0.383 e. The van der Waals surface area contributed by atoms with Crippen molar-refractivity contribution < 1.29 is 0 Å². The molecule has 1 aliphatic heterocycles. The molecule has 0 spiro atoms. The maximum Gasteiger partial charge on any atom is 0.138 e. The van der Waals surface area contributed by atoms with Crippen LogP contribution in [0.5, 0.6) is 0 Å². The summed E-state index contributed by atoms with van der Waals surface area (Å²) in [4.78, 5) is 6.43. The second kappa shape index (κ2) is 6.05. The van der Waals surface area contributed by atoms with E-state index in [0.29, 0.717) is 0 Å². The number of piperidine rings is 1. The summed E-state index contributed by atoms with van der Waals surface area (Å²) < 4.78 is 1.80. The number of aromatic nitrogens is 3. The summed E-state index contributed by atoms with van der Waals surface area (Å²) in [6, 6.07) is 8.24. The minimum atomic E-state index is 0.720. The summed E-state index contributed by atoms with van der Waals surface area (Å²) in [5.74, 6) is 0.720. The standard InChI is InChI=1S/C15H21N5/c1-19-8-4-5-13(10-19)9-17-14-6-2-3-7-15(14)20-12-16-11-18-20/h2-3,6-7,11-13,17H,4-5,8-10H2,1H3. The molecule has 1 N–H and O–H groups in total. The van der Waals surface area contributed by atoms with E-state index in [-0.39, 0.29) is 0 Å². The third kappa shape index (κ3) is 2.99. The van der Waals surface area contributed by atoms with Gasteiger partial charge in [-0.25, -0.2) is 9.67 Å². The molecule has 3 rings (SSSR count). The SMILES string of the molecule is CN1CCCC(CNc2ccccc2-n2cncn2)C1. The van der Waals surface area contributed by atoms with Crippen molar-refractivity contribution in [3.63, 3.8) is 0 Å². The monoisotopic (exact) mass is 271 g/mol. The number of benzene rings is 1. The molecule has 2 aromatic rings. The van der Waals surface area contributed by atoms with Crippen LogP contribution in [0.3, 0.4) is 0 Å². The Morgan fingerprint density at radius 3 is 3.05 bits per heavy atom. The van der Waals surface area contributed by atoms with Crippen LogP contribution in [-0.4, -0.2) is 46.3 Å². The lowest BCUT2D eigenvalue weighted by molar-refractivity contribution is 0.217. The average molecular weight is 271 g/mol. The average Bonchev–Trinajstić information content (AvgIpc) is 3.00. The van der Waals surface area contributed by atoms with Crippen LogP contribution in [0.1, 0.15) is 12.8 Å². The molecule has 0 bridgehead atoms. The predicted molar refractivity (Wildman–Crippen MR) is 80.1 cm³/mol. The molecule has 106 valence electrons. The van der Waals surface area contributed by atoms with E-state index >= 15 is 0 Å². The van der Waals surface area contributed by atoms with Crippen molar-refractivity contribution in [3.05, 3.63) is 36.9 Å². The number of likely N-dealkylation sites (tertiary alicyclic amines) is 1. The van der Waals surface area contributed by atoms with Gasteiger partial charge in [-0.3, -0.25) is 0 Å². The molecule has 1 aliphatic rings. The Morgan fingerprint density at radius 2 is 2.25 bits per heavy atom. The summed E-state index contributed by atoms with van der Waals surface area (Å²) in [7, 11) is 2.20. The molecule has 1 saturated heterocycles. The van der Waals surface area contributed by atoms with Crippen LogP contribution in [0.25, 0.3) is 5.69 Å². The molecule has 2 heterocycles. The molecule has 5 nitrogen and oxygen atoms in total. The van der Waals surface area contributed by atoms with Crippen LogP contribution >= 0.6 is 0 Å². The Kier molecular flexibility index (Phi) is 3.97. The van der Waals surface area contributed by atoms with Crippen LogP contribution in [0, 0.1) is 5.92 Å². The Bertz CT molecular complexity index is 537.